The first-order valence-electron chi connectivity index (χ1n) is 8.63. The summed E-state index contributed by atoms with van der Waals surface area (Å²) in [4.78, 5) is 10.6. The largest absolute Gasteiger partial charge is 0.362 e. The van der Waals surface area contributed by atoms with Crippen molar-refractivity contribution < 1.29 is 4.74 Å². The van der Waals surface area contributed by atoms with Crippen molar-refractivity contribution in [1.82, 2.24) is 14.9 Å². The lowest BCUT2D eigenvalue weighted by Crippen LogP contribution is -2.35. The summed E-state index contributed by atoms with van der Waals surface area (Å²) in [6.07, 6.45) is 2.27. The average Bonchev–Trinajstić information content (AvgIpc) is 3.06. The molecule has 4 rings (SSSR count). The normalized spacial score (nSPS) is 18.0. The molecule has 124 valence electrons. The summed E-state index contributed by atoms with van der Waals surface area (Å²) in [5.74, 6) is 0.890. The summed E-state index contributed by atoms with van der Waals surface area (Å²) in [5, 5.41) is 0. The molecular weight excluding hydrogens is 298 g/mol. The van der Waals surface area contributed by atoms with Gasteiger partial charge in [0.2, 0.25) is 0 Å². The van der Waals surface area contributed by atoms with Crippen LogP contribution < -0.4 is 0 Å². The van der Waals surface area contributed by atoms with Gasteiger partial charge in [-0.05, 0) is 37.6 Å². The van der Waals surface area contributed by atoms with Crippen molar-refractivity contribution in [1.29, 1.82) is 0 Å². The van der Waals surface area contributed by atoms with Gasteiger partial charge in [-0.15, -0.1) is 0 Å². The number of aromatic nitrogens is 2. The van der Waals surface area contributed by atoms with Crippen molar-refractivity contribution in [3.8, 4) is 0 Å². The molecule has 2 heterocycles. The zero-order valence-corrected chi connectivity index (χ0v) is 14.0. The molecule has 0 spiro atoms. The number of benzene rings is 2. The first-order chi connectivity index (χ1) is 11.8. The standard InChI is InChI=1S/C20H23N3O/c1-23-13-11-16(12-14-23)24-19(15-7-3-2-4-8-15)20-21-17-9-5-6-10-18(17)22-20/h2-10,16,19H,11-14H2,1H3,(H,21,22). The van der Waals surface area contributed by atoms with Gasteiger partial charge < -0.3 is 14.6 Å². The molecule has 0 aliphatic carbocycles. The van der Waals surface area contributed by atoms with Gasteiger partial charge in [0.15, 0.2) is 0 Å². The quantitative estimate of drug-likeness (QED) is 0.795. The van der Waals surface area contributed by atoms with Crippen LogP contribution in [0.15, 0.2) is 54.6 Å². The van der Waals surface area contributed by atoms with Crippen LogP contribution in [0, 0.1) is 0 Å². The fraction of sp³-hybridized carbons (Fsp3) is 0.350. The number of imidazole rings is 1. The average molecular weight is 321 g/mol. The van der Waals surface area contributed by atoms with E-state index >= 15 is 0 Å². The zero-order chi connectivity index (χ0) is 16.4. The summed E-state index contributed by atoms with van der Waals surface area (Å²) in [5.41, 5.74) is 3.19. The topological polar surface area (TPSA) is 41.1 Å². The number of aromatic amines is 1. The summed E-state index contributed by atoms with van der Waals surface area (Å²) in [7, 11) is 2.17. The number of nitrogens with zero attached hydrogens (tertiary/aromatic N) is 2. The molecular formula is C20H23N3O. The summed E-state index contributed by atoms with van der Waals surface area (Å²) in [6, 6.07) is 18.5. The third kappa shape index (κ3) is 3.21. The second-order valence-electron chi connectivity index (χ2n) is 6.57. The molecule has 1 fully saturated rings. The number of nitrogens with one attached hydrogen (secondary N) is 1. The lowest BCUT2D eigenvalue weighted by atomic mass is 10.1. The maximum Gasteiger partial charge on any atom is 0.141 e. The van der Waals surface area contributed by atoms with Gasteiger partial charge in [0.25, 0.3) is 0 Å². The number of likely N-dealkylation sites (tertiary alicyclic amines) is 1. The summed E-state index contributed by atoms with van der Waals surface area (Å²) < 4.78 is 6.52. The Morgan fingerprint density at radius 2 is 1.75 bits per heavy atom. The second kappa shape index (κ2) is 6.75. The predicted molar refractivity (Wildman–Crippen MR) is 96.0 cm³/mol. The van der Waals surface area contributed by atoms with Crippen molar-refractivity contribution in [2.24, 2.45) is 0 Å². The number of fused-ring (bicyclic) bond motifs is 1. The highest BCUT2D eigenvalue weighted by Crippen LogP contribution is 2.29. The molecule has 1 aliphatic rings. The van der Waals surface area contributed by atoms with Crippen molar-refractivity contribution in [3.63, 3.8) is 0 Å². The van der Waals surface area contributed by atoms with E-state index in [2.05, 4.69) is 47.3 Å². The molecule has 1 N–H and O–H groups in total. The number of H-pyrrole nitrogens is 1. The van der Waals surface area contributed by atoms with Crippen molar-refractivity contribution in [2.75, 3.05) is 20.1 Å². The Morgan fingerprint density at radius 3 is 2.50 bits per heavy atom. The smallest absolute Gasteiger partial charge is 0.141 e. The van der Waals surface area contributed by atoms with E-state index in [1.54, 1.807) is 0 Å². The van der Waals surface area contributed by atoms with E-state index in [1.807, 2.05) is 24.3 Å². The van der Waals surface area contributed by atoms with Gasteiger partial charge in [0.1, 0.15) is 11.9 Å². The number of hydrogen-bond acceptors (Lipinski definition) is 3. The molecule has 0 radical (unpaired) electrons. The Balaban J connectivity index is 1.65. The minimum absolute atomic E-state index is 0.146. The molecule has 3 aromatic rings. The Bertz CT molecular complexity index is 758. The van der Waals surface area contributed by atoms with E-state index in [1.165, 1.54) is 0 Å². The van der Waals surface area contributed by atoms with Gasteiger partial charge >= 0.3 is 0 Å². The maximum atomic E-state index is 6.52. The number of para-hydroxylation sites is 2. The highest BCUT2D eigenvalue weighted by Gasteiger charge is 2.25. The molecule has 1 atom stereocenters. The van der Waals surface area contributed by atoms with Gasteiger partial charge in [0.05, 0.1) is 17.1 Å². The van der Waals surface area contributed by atoms with Crippen molar-refractivity contribution in [3.05, 3.63) is 66.0 Å². The Kier molecular flexibility index (Phi) is 4.32. The Morgan fingerprint density at radius 1 is 1.04 bits per heavy atom. The first-order valence-corrected chi connectivity index (χ1v) is 8.63. The monoisotopic (exact) mass is 321 g/mol. The number of ether oxygens (including phenoxy) is 1. The third-order valence-corrected chi connectivity index (χ3v) is 4.75. The van der Waals surface area contributed by atoms with Crippen LogP contribution in [0.1, 0.15) is 30.3 Å². The van der Waals surface area contributed by atoms with Crippen LogP contribution >= 0.6 is 0 Å². The molecule has 1 saturated heterocycles. The molecule has 1 unspecified atom stereocenters. The lowest BCUT2D eigenvalue weighted by Gasteiger charge is -2.31. The molecule has 4 heteroatoms. The van der Waals surface area contributed by atoms with E-state index in [9.17, 15) is 0 Å². The van der Waals surface area contributed by atoms with Gasteiger partial charge in [-0.1, -0.05) is 42.5 Å². The van der Waals surface area contributed by atoms with Gasteiger partial charge in [0, 0.05) is 13.1 Å². The number of hydrogen-bond donors (Lipinski definition) is 1. The molecule has 1 aromatic heterocycles. The van der Waals surface area contributed by atoms with E-state index < -0.39 is 0 Å². The van der Waals surface area contributed by atoms with Gasteiger partial charge in [-0.3, -0.25) is 0 Å². The zero-order valence-electron chi connectivity index (χ0n) is 14.0. The molecule has 1 aliphatic heterocycles. The van der Waals surface area contributed by atoms with Crippen molar-refractivity contribution in [2.45, 2.75) is 25.0 Å². The highest BCUT2D eigenvalue weighted by molar-refractivity contribution is 5.74. The van der Waals surface area contributed by atoms with E-state index in [4.69, 9.17) is 9.72 Å². The fourth-order valence-corrected chi connectivity index (χ4v) is 3.34. The minimum Gasteiger partial charge on any atom is -0.362 e. The Labute approximate surface area is 142 Å². The van der Waals surface area contributed by atoms with Crippen LogP contribution in [0.4, 0.5) is 0 Å². The van der Waals surface area contributed by atoms with Crippen LogP contribution in [0.2, 0.25) is 0 Å². The molecule has 0 amide bonds. The Hall–Kier alpha value is -2.17. The van der Waals surface area contributed by atoms with Crippen LogP contribution in [-0.2, 0) is 4.74 Å². The van der Waals surface area contributed by atoms with Crippen LogP contribution in [0.3, 0.4) is 0 Å². The lowest BCUT2D eigenvalue weighted by molar-refractivity contribution is -0.0264. The first kappa shape index (κ1) is 15.4. The van der Waals surface area contributed by atoms with E-state index in [0.29, 0.717) is 0 Å². The summed E-state index contributed by atoms with van der Waals surface area (Å²) in [6.45, 7) is 2.18. The second-order valence-corrected chi connectivity index (χ2v) is 6.57. The molecule has 0 saturated carbocycles. The SMILES string of the molecule is CN1CCC(OC(c2ccccc2)c2nc3ccccc3[nH]2)CC1. The third-order valence-electron chi connectivity index (χ3n) is 4.75. The maximum absolute atomic E-state index is 6.52. The van der Waals surface area contributed by atoms with Crippen molar-refractivity contribution >= 4 is 11.0 Å². The predicted octanol–water partition coefficient (Wildman–Crippen LogP) is 3.76. The van der Waals surface area contributed by atoms with Gasteiger partial charge in [-0.2, -0.15) is 0 Å². The van der Waals surface area contributed by atoms with Crippen LogP contribution in [0.25, 0.3) is 11.0 Å². The summed E-state index contributed by atoms with van der Waals surface area (Å²) >= 11 is 0. The molecule has 4 nitrogen and oxygen atoms in total. The van der Waals surface area contributed by atoms with Gasteiger partial charge in [-0.25, -0.2) is 4.98 Å². The molecule has 0 bridgehead atoms. The highest BCUT2D eigenvalue weighted by atomic mass is 16.5. The molecule has 2 aromatic carbocycles. The van der Waals surface area contributed by atoms with Crippen LogP contribution in [0.5, 0.6) is 0 Å². The number of piperidine rings is 1. The number of rotatable bonds is 4. The van der Waals surface area contributed by atoms with E-state index in [0.717, 1.165) is 48.4 Å². The fourth-order valence-electron chi connectivity index (χ4n) is 3.34. The van der Waals surface area contributed by atoms with E-state index in [-0.39, 0.29) is 12.2 Å². The minimum atomic E-state index is -0.146. The van der Waals surface area contributed by atoms with Crippen LogP contribution in [-0.4, -0.2) is 41.1 Å². The molecule has 24 heavy (non-hydrogen) atoms.